The number of nitrogens with one attached hydrogen (secondary N) is 1. The van der Waals surface area contributed by atoms with Crippen molar-refractivity contribution >= 4 is 28.9 Å². The number of aromatic nitrogens is 3. The number of esters is 1. The summed E-state index contributed by atoms with van der Waals surface area (Å²) in [5, 5.41) is 3.56. The molecule has 2 atom stereocenters. The first-order valence-corrected chi connectivity index (χ1v) is 8.91. The molecule has 1 N–H and O–H groups in total. The molecule has 0 unspecified atom stereocenters. The van der Waals surface area contributed by atoms with Crippen LogP contribution in [0.1, 0.15) is 39.3 Å². The third-order valence-electron chi connectivity index (χ3n) is 4.17. The summed E-state index contributed by atoms with van der Waals surface area (Å²) in [5.74, 6) is -0.282. The molecule has 1 aliphatic rings. The Kier molecular flexibility index (Phi) is 5.60. The van der Waals surface area contributed by atoms with Gasteiger partial charge in [-0.25, -0.2) is 14.8 Å². The average Bonchev–Trinajstić information content (AvgIpc) is 3.23. The lowest BCUT2D eigenvalue weighted by Gasteiger charge is -2.32. The number of hydrogen-bond acceptors (Lipinski definition) is 7. The summed E-state index contributed by atoms with van der Waals surface area (Å²) in [6.45, 7) is 6.63. The summed E-state index contributed by atoms with van der Waals surface area (Å²) in [5.41, 5.74) is 9.66. The molecule has 11 heteroatoms. The number of carbonyl (C=O) groups excluding carboxylic acids is 2. The third-order valence-corrected chi connectivity index (χ3v) is 4.17. The van der Waals surface area contributed by atoms with E-state index >= 15 is 0 Å². The molecule has 1 fully saturated rings. The maximum absolute atomic E-state index is 12.9. The zero-order chi connectivity index (χ0) is 21.2. The summed E-state index contributed by atoms with van der Waals surface area (Å²) in [7, 11) is 0. The van der Waals surface area contributed by atoms with Crippen LogP contribution in [0.3, 0.4) is 0 Å². The van der Waals surface area contributed by atoms with Gasteiger partial charge in [0.05, 0.1) is 23.1 Å². The van der Waals surface area contributed by atoms with Crippen molar-refractivity contribution in [2.75, 3.05) is 6.61 Å². The molecular formula is C18H21N7O4. The number of nitrogens with zero attached hydrogens (tertiary/aromatic N) is 6. The van der Waals surface area contributed by atoms with E-state index < -0.39 is 29.7 Å². The topological polar surface area (TPSA) is 146 Å². The maximum atomic E-state index is 12.9. The van der Waals surface area contributed by atoms with Crippen molar-refractivity contribution in [1.82, 2.24) is 19.9 Å². The zero-order valence-electron chi connectivity index (χ0n) is 16.5. The predicted molar refractivity (Wildman–Crippen MR) is 103 cm³/mol. The average molecular weight is 399 g/mol. The quantitative estimate of drug-likeness (QED) is 0.360. The first-order valence-electron chi connectivity index (χ1n) is 8.91. The Morgan fingerprint density at radius 1 is 1.34 bits per heavy atom. The normalized spacial score (nSPS) is 19.1. The van der Waals surface area contributed by atoms with Gasteiger partial charge in [0.1, 0.15) is 18.5 Å². The molecule has 11 nitrogen and oxygen atoms in total. The van der Waals surface area contributed by atoms with Gasteiger partial charge in [0.15, 0.2) is 5.82 Å². The molecule has 3 rings (SSSR count). The summed E-state index contributed by atoms with van der Waals surface area (Å²) >= 11 is 0. The fraction of sp³-hybridized carbons (Fsp3) is 0.444. The first kappa shape index (κ1) is 20.4. The van der Waals surface area contributed by atoms with E-state index in [4.69, 9.17) is 15.0 Å². The predicted octanol–water partition coefficient (Wildman–Crippen LogP) is 3.53. The SMILES string of the molecule is CC(=O)OC[C@H]1[CH][CH][C@@H](c2c[nH]c3c(N=[N+]=[N-])ncnc23)N1C(=O)OC(C)(C)C. The van der Waals surface area contributed by atoms with E-state index in [1.54, 1.807) is 33.4 Å². The number of aromatic amines is 1. The van der Waals surface area contributed by atoms with Crippen molar-refractivity contribution in [2.24, 2.45) is 5.11 Å². The van der Waals surface area contributed by atoms with E-state index in [-0.39, 0.29) is 12.4 Å². The van der Waals surface area contributed by atoms with Crippen LogP contribution in [0, 0.1) is 12.8 Å². The number of H-pyrrole nitrogens is 1. The Labute approximate surface area is 167 Å². The van der Waals surface area contributed by atoms with Gasteiger partial charge in [-0.2, -0.15) is 0 Å². The summed E-state index contributed by atoms with van der Waals surface area (Å²) in [6, 6.07) is -1.02. The molecule has 2 radical (unpaired) electrons. The van der Waals surface area contributed by atoms with E-state index in [9.17, 15) is 9.59 Å². The molecule has 0 bridgehead atoms. The minimum atomic E-state index is -0.701. The van der Waals surface area contributed by atoms with Gasteiger partial charge in [0.25, 0.3) is 0 Å². The summed E-state index contributed by atoms with van der Waals surface area (Å²) in [4.78, 5) is 39.7. The second-order valence-electron chi connectivity index (χ2n) is 7.44. The Balaban J connectivity index is 1.99. The maximum Gasteiger partial charge on any atom is 0.411 e. The highest BCUT2D eigenvalue weighted by Crippen LogP contribution is 2.39. The van der Waals surface area contributed by atoms with Gasteiger partial charge in [-0.15, -0.1) is 0 Å². The van der Waals surface area contributed by atoms with E-state index in [2.05, 4.69) is 25.0 Å². The molecule has 1 aliphatic heterocycles. The molecule has 0 aromatic carbocycles. The smallest absolute Gasteiger partial charge is 0.411 e. The summed E-state index contributed by atoms with van der Waals surface area (Å²) in [6.07, 6.45) is 6.01. The largest absolute Gasteiger partial charge is 0.464 e. The summed E-state index contributed by atoms with van der Waals surface area (Å²) < 4.78 is 10.7. The Hall–Kier alpha value is -3.33. The second-order valence-corrected chi connectivity index (χ2v) is 7.44. The van der Waals surface area contributed by atoms with Gasteiger partial charge in [-0.1, -0.05) is 0 Å². The fourth-order valence-corrected chi connectivity index (χ4v) is 3.07. The van der Waals surface area contributed by atoms with Crippen molar-refractivity contribution in [2.45, 2.75) is 45.4 Å². The van der Waals surface area contributed by atoms with Crippen LogP contribution in [-0.4, -0.2) is 50.2 Å². The van der Waals surface area contributed by atoms with Gasteiger partial charge >= 0.3 is 12.1 Å². The van der Waals surface area contributed by atoms with Crippen molar-refractivity contribution in [3.05, 3.63) is 41.4 Å². The number of fused-ring (bicyclic) bond motifs is 1. The number of rotatable bonds is 4. The molecule has 0 saturated carbocycles. The van der Waals surface area contributed by atoms with Crippen LogP contribution in [0.25, 0.3) is 21.5 Å². The number of azide groups is 1. The van der Waals surface area contributed by atoms with Crippen LogP contribution in [0.15, 0.2) is 17.6 Å². The third kappa shape index (κ3) is 4.40. The minimum absolute atomic E-state index is 0.00287. The van der Waals surface area contributed by atoms with Crippen LogP contribution in [0.2, 0.25) is 0 Å². The van der Waals surface area contributed by atoms with E-state index in [0.717, 1.165) is 0 Å². The van der Waals surface area contributed by atoms with Crippen LogP contribution >= 0.6 is 0 Å². The highest BCUT2D eigenvalue weighted by atomic mass is 16.6. The number of hydrogen-bond donors (Lipinski definition) is 1. The van der Waals surface area contributed by atoms with Crippen molar-refractivity contribution in [1.29, 1.82) is 0 Å². The van der Waals surface area contributed by atoms with E-state index in [0.29, 0.717) is 16.6 Å². The Bertz CT molecular complexity index is 974. The van der Waals surface area contributed by atoms with Crippen LogP contribution in [-0.2, 0) is 14.3 Å². The number of amides is 1. The van der Waals surface area contributed by atoms with Gasteiger partial charge in [-0.3, -0.25) is 9.69 Å². The molecule has 152 valence electrons. The molecule has 2 aromatic rings. The molecule has 1 saturated heterocycles. The van der Waals surface area contributed by atoms with Crippen molar-refractivity contribution < 1.29 is 19.1 Å². The zero-order valence-corrected chi connectivity index (χ0v) is 16.5. The fourth-order valence-electron chi connectivity index (χ4n) is 3.07. The molecule has 2 aromatic heterocycles. The van der Waals surface area contributed by atoms with Crippen LogP contribution < -0.4 is 0 Å². The van der Waals surface area contributed by atoms with Gasteiger partial charge in [0, 0.05) is 23.6 Å². The van der Waals surface area contributed by atoms with E-state index in [1.165, 1.54) is 18.2 Å². The lowest BCUT2D eigenvalue weighted by Crippen LogP contribution is -2.43. The van der Waals surface area contributed by atoms with Crippen molar-refractivity contribution in [3.8, 4) is 0 Å². The number of carbonyl (C=O) groups is 2. The Morgan fingerprint density at radius 3 is 2.76 bits per heavy atom. The lowest BCUT2D eigenvalue weighted by atomic mass is 10.1. The standard InChI is InChI=1S/C18H21N7O4/c1-10(26)28-8-11-5-6-13(25(11)17(27)29-18(2,3)4)12-7-20-15-14(12)21-9-22-16(15)23-24-19/h5-7,9,11,13,20H,8H2,1-4H3/t11-,13+/m1/s1. The highest BCUT2D eigenvalue weighted by Gasteiger charge is 2.42. The van der Waals surface area contributed by atoms with Crippen LogP contribution in [0.4, 0.5) is 10.6 Å². The highest BCUT2D eigenvalue weighted by molar-refractivity contribution is 5.88. The first-order chi connectivity index (χ1) is 13.7. The monoisotopic (exact) mass is 399 g/mol. The van der Waals surface area contributed by atoms with Crippen molar-refractivity contribution in [3.63, 3.8) is 0 Å². The molecule has 3 heterocycles. The second kappa shape index (κ2) is 7.96. The molecule has 0 aliphatic carbocycles. The molecule has 1 amide bonds. The Morgan fingerprint density at radius 2 is 2.10 bits per heavy atom. The van der Waals surface area contributed by atoms with Crippen LogP contribution in [0.5, 0.6) is 0 Å². The minimum Gasteiger partial charge on any atom is -0.464 e. The van der Waals surface area contributed by atoms with Gasteiger partial charge < -0.3 is 14.5 Å². The number of likely N-dealkylation sites (tertiary alicyclic amines) is 1. The number of ether oxygens (including phenoxy) is 2. The van der Waals surface area contributed by atoms with E-state index in [1.807, 2.05) is 6.42 Å². The molecular weight excluding hydrogens is 378 g/mol. The molecule has 0 spiro atoms. The molecule has 29 heavy (non-hydrogen) atoms. The van der Waals surface area contributed by atoms with Gasteiger partial charge in [0.2, 0.25) is 0 Å². The van der Waals surface area contributed by atoms with Gasteiger partial charge in [-0.05, 0) is 44.3 Å². The lowest BCUT2D eigenvalue weighted by molar-refractivity contribution is -0.142.